The smallest absolute Gasteiger partial charge is 0.231 e. The molecule has 3 heterocycles. The molecule has 7 nitrogen and oxygen atoms in total. The second kappa shape index (κ2) is 11.2. The quantitative estimate of drug-likeness (QED) is 0.357. The van der Waals surface area contributed by atoms with Crippen LogP contribution in [0.15, 0.2) is 23.2 Å². The zero-order valence-corrected chi connectivity index (χ0v) is 19.6. The summed E-state index contributed by atoms with van der Waals surface area (Å²) in [5.41, 5.74) is 1.27. The lowest BCUT2D eigenvalue weighted by Gasteiger charge is -2.36. The van der Waals surface area contributed by atoms with Gasteiger partial charge in [0.2, 0.25) is 6.79 Å². The fourth-order valence-electron chi connectivity index (χ4n) is 4.03. The molecule has 4 rings (SSSR count). The fourth-order valence-corrected chi connectivity index (χ4v) is 4.03. The topological polar surface area (TPSA) is 58.6 Å². The van der Waals surface area contributed by atoms with Crippen LogP contribution in [0.2, 0.25) is 0 Å². The predicted octanol–water partition coefficient (Wildman–Crippen LogP) is 2.69. The van der Waals surface area contributed by atoms with Gasteiger partial charge in [0, 0.05) is 52.4 Å². The molecule has 3 aliphatic heterocycles. The van der Waals surface area contributed by atoms with E-state index in [9.17, 15) is 0 Å². The van der Waals surface area contributed by atoms with Crippen LogP contribution < -0.4 is 14.8 Å². The molecular weight excluding hydrogens is 483 g/mol. The number of nitrogens with one attached hydrogen (secondary N) is 1. The number of hydrogen-bond donors (Lipinski definition) is 1. The molecule has 2 fully saturated rings. The predicted molar refractivity (Wildman–Crippen MR) is 124 cm³/mol. The van der Waals surface area contributed by atoms with Crippen LogP contribution >= 0.6 is 24.0 Å². The average Bonchev–Trinajstić information content (AvgIpc) is 3.39. The maximum Gasteiger partial charge on any atom is 0.231 e. The first kappa shape index (κ1) is 22.4. The second-order valence-corrected chi connectivity index (χ2v) is 7.61. The van der Waals surface area contributed by atoms with Gasteiger partial charge in [-0.1, -0.05) is 6.07 Å². The number of nitrogens with zero attached hydrogens (tertiary/aromatic N) is 3. The molecule has 1 N–H and O–H groups in total. The molecule has 1 atom stereocenters. The van der Waals surface area contributed by atoms with Crippen molar-refractivity contribution >= 4 is 29.9 Å². The van der Waals surface area contributed by atoms with Gasteiger partial charge < -0.3 is 24.4 Å². The Kier molecular flexibility index (Phi) is 8.68. The van der Waals surface area contributed by atoms with E-state index < -0.39 is 0 Å². The lowest BCUT2D eigenvalue weighted by Crippen LogP contribution is -2.52. The van der Waals surface area contributed by atoms with E-state index in [0.717, 1.165) is 76.3 Å². The minimum atomic E-state index is 0. The third-order valence-electron chi connectivity index (χ3n) is 5.59. The van der Waals surface area contributed by atoms with E-state index in [-0.39, 0.29) is 24.0 Å². The lowest BCUT2D eigenvalue weighted by molar-refractivity contribution is 0.106. The Hall–Kier alpha value is -1.26. The molecule has 0 radical (unpaired) electrons. The van der Waals surface area contributed by atoms with Crippen LogP contribution in [0.1, 0.15) is 31.7 Å². The van der Waals surface area contributed by atoms with Crippen molar-refractivity contribution in [1.82, 2.24) is 15.1 Å². The van der Waals surface area contributed by atoms with E-state index in [1.165, 1.54) is 18.4 Å². The Morgan fingerprint density at radius 2 is 2.00 bits per heavy atom. The van der Waals surface area contributed by atoms with Crippen molar-refractivity contribution in [2.24, 2.45) is 4.99 Å². The van der Waals surface area contributed by atoms with Crippen molar-refractivity contribution < 1.29 is 14.2 Å². The first-order valence-electron chi connectivity index (χ1n) is 10.6. The molecule has 0 aromatic heterocycles. The lowest BCUT2D eigenvalue weighted by atomic mass is 10.1. The van der Waals surface area contributed by atoms with Gasteiger partial charge in [0.1, 0.15) is 0 Å². The van der Waals surface area contributed by atoms with Crippen molar-refractivity contribution in [3.05, 3.63) is 23.8 Å². The third-order valence-corrected chi connectivity index (χ3v) is 5.59. The minimum Gasteiger partial charge on any atom is -0.454 e. The van der Waals surface area contributed by atoms with Gasteiger partial charge in [-0.15, -0.1) is 24.0 Å². The van der Waals surface area contributed by atoms with Crippen LogP contribution in [-0.4, -0.2) is 74.5 Å². The highest BCUT2D eigenvalue weighted by Gasteiger charge is 2.21. The highest BCUT2D eigenvalue weighted by Crippen LogP contribution is 2.32. The van der Waals surface area contributed by atoms with E-state index in [1.807, 2.05) is 6.07 Å². The van der Waals surface area contributed by atoms with Gasteiger partial charge in [-0.05, 0) is 43.9 Å². The molecule has 162 valence electrons. The summed E-state index contributed by atoms with van der Waals surface area (Å²) in [5.74, 6) is 2.76. The number of piperazine rings is 1. The second-order valence-electron chi connectivity index (χ2n) is 7.61. The van der Waals surface area contributed by atoms with Gasteiger partial charge in [0.05, 0.1) is 6.10 Å². The van der Waals surface area contributed by atoms with Crippen molar-refractivity contribution in [1.29, 1.82) is 0 Å². The Bertz CT molecular complexity index is 674. The number of ether oxygens (including phenoxy) is 3. The average molecular weight is 516 g/mol. The normalized spacial score (nSPS) is 21.9. The Morgan fingerprint density at radius 1 is 1.17 bits per heavy atom. The highest BCUT2D eigenvalue weighted by molar-refractivity contribution is 14.0. The zero-order valence-electron chi connectivity index (χ0n) is 17.3. The maximum absolute atomic E-state index is 5.71. The summed E-state index contributed by atoms with van der Waals surface area (Å²) in [4.78, 5) is 9.73. The molecule has 1 unspecified atom stereocenters. The van der Waals surface area contributed by atoms with E-state index in [0.29, 0.717) is 12.9 Å². The van der Waals surface area contributed by atoms with Crippen molar-refractivity contribution in [3.63, 3.8) is 0 Å². The van der Waals surface area contributed by atoms with E-state index in [1.54, 1.807) is 0 Å². The molecule has 8 heteroatoms. The van der Waals surface area contributed by atoms with Crippen LogP contribution in [0, 0.1) is 0 Å². The number of halogens is 1. The number of benzene rings is 1. The number of rotatable bonds is 6. The van der Waals surface area contributed by atoms with Gasteiger partial charge in [-0.3, -0.25) is 9.89 Å². The molecule has 0 spiro atoms. The Labute approximate surface area is 190 Å². The van der Waals surface area contributed by atoms with E-state index in [2.05, 4.69) is 34.2 Å². The van der Waals surface area contributed by atoms with E-state index >= 15 is 0 Å². The van der Waals surface area contributed by atoms with Gasteiger partial charge in [0.15, 0.2) is 17.5 Å². The van der Waals surface area contributed by atoms with Crippen molar-refractivity contribution in [3.8, 4) is 11.5 Å². The molecule has 0 amide bonds. The van der Waals surface area contributed by atoms with Crippen LogP contribution in [0.3, 0.4) is 0 Å². The number of aliphatic imine (C=N–C) groups is 1. The van der Waals surface area contributed by atoms with Crippen molar-refractivity contribution in [2.45, 2.75) is 38.8 Å². The molecule has 1 aromatic rings. The SMILES string of the molecule is CCNC(=NCCC1CCCO1)N1CCN(Cc2ccc3c(c2)OCO3)CC1.I. The molecule has 29 heavy (non-hydrogen) atoms. The molecule has 0 bridgehead atoms. The number of hydrogen-bond acceptors (Lipinski definition) is 5. The van der Waals surface area contributed by atoms with Gasteiger partial charge in [-0.25, -0.2) is 0 Å². The highest BCUT2D eigenvalue weighted by atomic mass is 127. The largest absolute Gasteiger partial charge is 0.454 e. The summed E-state index contributed by atoms with van der Waals surface area (Å²) in [6.07, 6.45) is 3.81. The van der Waals surface area contributed by atoms with Crippen molar-refractivity contribution in [2.75, 3.05) is 52.7 Å². The fraction of sp³-hybridized carbons (Fsp3) is 0.667. The summed E-state index contributed by atoms with van der Waals surface area (Å²) in [5, 5.41) is 3.46. The Morgan fingerprint density at radius 3 is 2.76 bits per heavy atom. The van der Waals surface area contributed by atoms with Crippen LogP contribution in [0.4, 0.5) is 0 Å². The zero-order chi connectivity index (χ0) is 19.2. The summed E-state index contributed by atoms with van der Waals surface area (Å²) in [6, 6.07) is 6.25. The monoisotopic (exact) mass is 516 g/mol. The minimum absolute atomic E-state index is 0. The van der Waals surface area contributed by atoms with E-state index in [4.69, 9.17) is 19.2 Å². The molecule has 0 saturated carbocycles. The third kappa shape index (κ3) is 6.11. The number of guanidine groups is 1. The molecule has 1 aromatic carbocycles. The van der Waals surface area contributed by atoms with Crippen LogP contribution in [0.25, 0.3) is 0 Å². The molecule has 2 saturated heterocycles. The molecular formula is C21H33IN4O3. The molecule has 3 aliphatic rings. The first-order chi connectivity index (χ1) is 13.8. The van der Waals surface area contributed by atoms with Gasteiger partial charge in [0.25, 0.3) is 0 Å². The van der Waals surface area contributed by atoms with Crippen LogP contribution in [-0.2, 0) is 11.3 Å². The number of fused-ring (bicyclic) bond motifs is 1. The Balaban J connectivity index is 0.00000240. The van der Waals surface area contributed by atoms with Gasteiger partial charge >= 0.3 is 0 Å². The summed E-state index contributed by atoms with van der Waals surface area (Å²) >= 11 is 0. The standard InChI is InChI=1S/C21H32N4O3.HI/c1-2-22-21(23-8-7-18-4-3-13-26-18)25-11-9-24(10-12-25)15-17-5-6-19-20(14-17)28-16-27-19;/h5-6,14,18H,2-4,7-13,15-16H2,1H3,(H,22,23);1H. The molecule has 0 aliphatic carbocycles. The summed E-state index contributed by atoms with van der Waals surface area (Å²) in [7, 11) is 0. The maximum atomic E-state index is 5.71. The van der Waals surface area contributed by atoms with Crippen LogP contribution in [0.5, 0.6) is 11.5 Å². The van der Waals surface area contributed by atoms with Gasteiger partial charge in [-0.2, -0.15) is 0 Å². The summed E-state index contributed by atoms with van der Waals surface area (Å²) < 4.78 is 16.6. The first-order valence-corrected chi connectivity index (χ1v) is 10.6. The summed E-state index contributed by atoms with van der Waals surface area (Å²) in [6.45, 7) is 10.1.